The molecule has 0 spiro atoms. The van der Waals surface area contributed by atoms with Crippen molar-refractivity contribution in [2.45, 2.75) is 64.8 Å². The smallest absolute Gasteiger partial charge is 0.00952 e. The molecule has 0 radical (unpaired) electrons. The first-order valence-electron chi connectivity index (χ1n) is 6.11. The normalized spacial score (nSPS) is 26.8. The first kappa shape index (κ1) is 11.0. The van der Waals surface area contributed by atoms with Gasteiger partial charge < -0.3 is 5.32 Å². The predicted molar refractivity (Wildman–Crippen MR) is 58.9 cm³/mol. The summed E-state index contributed by atoms with van der Waals surface area (Å²) in [5.74, 6) is 0.933. The Morgan fingerprint density at radius 1 is 1.23 bits per heavy atom. The zero-order valence-corrected chi connectivity index (χ0v) is 9.31. The van der Waals surface area contributed by atoms with Gasteiger partial charge in [-0.15, -0.1) is 0 Å². The van der Waals surface area contributed by atoms with Crippen LogP contribution in [0.2, 0.25) is 0 Å². The van der Waals surface area contributed by atoms with Crippen molar-refractivity contribution < 1.29 is 0 Å². The van der Waals surface area contributed by atoms with Crippen molar-refractivity contribution in [1.82, 2.24) is 5.32 Å². The third-order valence-corrected chi connectivity index (χ3v) is 3.35. The number of hydrogen-bond acceptors (Lipinski definition) is 1. The van der Waals surface area contributed by atoms with Crippen LogP contribution in [0, 0.1) is 5.92 Å². The summed E-state index contributed by atoms with van der Waals surface area (Å²) < 4.78 is 0. The van der Waals surface area contributed by atoms with Gasteiger partial charge in [0.15, 0.2) is 0 Å². The topological polar surface area (TPSA) is 12.0 Å². The van der Waals surface area contributed by atoms with E-state index in [1.807, 2.05) is 0 Å². The van der Waals surface area contributed by atoms with Crippen molar-refractivity contribution in [3.8, 4) is 0 Å². The number of hydrogen-bond donors (Lipinski definition) is 1. The molecule has 0 saturated carbocycles. The molecule has 2 atom stereocenters. The Labute approximate surface area is 83.3 Å². The molecule has 1 heteroatoms. The van der Waals surface area contributed by atoms with Crippen molar-refractivity contribution in [2.24, 2.45) is 5.92 Å². The maximum absolute atomic E-state index is 3.72. The molecule has 1 N–H and O–H groups in total. The van der Waals surface area contributed by atoms with Gasteiger partial charge >= 0.3 is 0 Å². The second-order valence-electron chi connectivity index (χ2n) is 4.37. The van der Waals surface area contributed by atoms with Gasteiger partial charge in [-0.05, 0) is 31.7 Å². The fourth-order valence-corrected chi connectivity index (χ4v) is 2.52. The molecule has 0 aromatic heterocycles. The first-order chi connectivity index (χ1) is 6.38. The highest BCUT2D eigenvalue weighted by Gasteiger charge is 2.19. The second kappa shape index (κ2) is 6.42. The zero-order valence-electron chi connectivity index (χ0n) is 9.31. The van der Waals surface area contributed by atoms with Crippen LogP contribution in [0.15, 0.2) is 0 Å². The molecule has 78 valence electrons. The average Bonchev–Trinajstić information content (AvgIpc) is 2.42. The zero-order chi connectivity index (χ0) is 9.52. The van der Waals surface area contributed by atoms with E-state index >= 15 is 0 Å². The van der Waals surface area contributed by atoms with E-state index in [1.165, 1.54) is 51.5 Å². The summed E-state index contributed by atoms with van der Waals surface area (Å²) in [6.07, 6.45) is 9.79. The van der Waals surface area contributed by atoms with Crippen LogP contribution in [0.3, 0.4) is 0 Å². The Bertz CT molecular complexity index is 114. The van der Waals surface area contributed by atoms with Crippen molar-refractivity contribution in [2.75, 3.05) is 6.54 Å². The van der Waals surface area contributed by atoms with Crippen LogP contribution in [-0.2, 0) is 0 Å². The Morgan fingerprint density at radius 3 is 2.77 bits per heavy atom. The molecule has 0 amide bonds. The Morgan fingerprint density at radius 2 is 2.08 bits per heavy atom. The molecule has 0 aromatic rings. The quantitative estimate of drug-likeness (QED) is 0.705. The standard InChI is InChI=1S/C12H25N/c1-3-8-11(4-2)12-9-6-5-7-10-13-12/h11-13H,3-10H2,1-2H3. The van der Waals surface area contributed by atoms with Crippen LogP contribution in [0.5, 0.6) is 0 Å². The molecule has 1 aliphatic heterocycles. The van der Waals surface area contributed by atoms with Crippen molar-refractivity contribution in [3.63, 3.8) is 0 Å². The Kier molecular flexibility index (Phi) is 5.45. The lowest BCUT2D eigenvalue weighted by Gasteiger charge is -2.25. The minimum Gasteiger partial charge on any atom is -0.314 e. The molecule has 1 aliphatic rings. The molecule has 2 unspecified atom stereocenters. The second-order valence-corrected chi connectivity index (χ2v) is 4.37. The molecule has 0 bridgehead atoms. The lowest BCUT2D eigenvalue weighted by atomic mass is 9.89. The number of nitrogens with one attached hydrogen (secondary N) is 1. The van der Waals surface area contributed by atoms with E-state index in [0.29, 0.717) is 0 Å². The van der Waals surface area contributed by atoms with Crippen LogP contribution in [0.4, 0.5) is 0 Å². The highest BCUT2D eigenvalue weighted by Crippen LogP contribution is 2.21. The van der Waals surface area contributed by atoms with E-state index in [2.05, 4.69) is 19.2 Å². The lowest BCUT2D eigenvalue weighted by Crippen LogP contribution is -2.35. The molecule has 1 saturated heterocycles. The third-order valence-electron chi connectivity index (χ3n) is 3.35. The summed E-state index contributed by atoms with van der Waals surface area (Å²) in [6.45, 7) is 5.90. The van der Waals surface area contributed by atoms with Crippen molar-refractivity contribution in [1.29, 1.82) is 0 Å². The maximum atomic E-state index is 3.72. The van der Waals surface area contributed by atoms with Gasteiger partial charge in [0, 0.05) is 6.04 Å². The van der Waals surface area contributed by atoms with Crippen LogP contribution in [-0.4, -0.2) is 12.6 Å². The molecule has 1 nitrogen and oxygen atoms in total. The minimum atomic E-state index is 0.826. The highest BCUT2D eigenvalue weighted by atomic mass is 14.9. The fraction of sp³-hybridized carbons (Fsp3) is 1.00. The summed E-state index contributed by atoms with van der Waals surface area (Å²) >= 11 is 0. The average molecular weight is 183 g/mol. The van der Waals surface area contributed by atoms with E-state index in [1.54, 1.807) is 0 Å². The van der Waals surface area contributed by atoms with Gasteiger partial charge in [-0.1, -0.05) is 39.5 Å². The SMILES string of the molecule is CCCC(CC)C1CCCCCN1. The minimum absolute atomic E-state index is 0.826. The van der Waals surface area contributed by atoms with Crippen LogP contribution < -0.4 is 5.32 Å². The molecular formula is C12H25N. The monoisotopic (exact) mass is 183 g/mol. The maximum Gasteiger partial charge on any atom is 0.00952 e. The highest BCUT2D eigenvalue weighted by molar-refractivity contribution is 4.77. The van der Waals surface area contributed by atoms with E-state index in [0.717, 1.165) is 12.0 Å². The summed E-state index contributed by atoms with van der Waals surface area (Å²) in [7, 11) is 0. The molecule has 0 aliphatic carbocycles. The largest absolute Gasteiger partial charge is 0.314 e. The molecule has 0 aromatic carbocycles. The van der Waals surface area contributed by atoms with Crippen molar-refractivity contribution >= 4 is 0 Å². The van der Waals surface area contributed by atoms with Gasteiger partial charge in [-0.2, -0.15) is 0 Å². The van der Waals surface area contributed by atoms with Crippen LogP contribution in [0.1, 0.15) is 58.8 Å². The molecular weight excluding hydrogens is 158 g/mol. The van der Waals surface area contributed by atoms with Crippen molar-refractivity contribution in [3.05, 3.63) is 0 Å². The van der Waals surface area contributed by atoms with Gasteiger partial charge in [0.2, 0.25) is 0 Å². The Hall–Kier alpha value is -0.0400. The number of rotatable bonds is 4. The summed E-state index contributed by atoms with van der Waals surface area (Å²) in [4.78, 5) is 0. The molecule has 1 fully saturated rings. The predicted octanol–water partition coefficient (Wildman–Crippen LogP) is 3.34. The lowest BCUT2D eigenvalue weighted by molar-refractivity contribution is 0.317. The van der Waals surface area contributed by atoms with E-state index < -0.39 is 0 Å². The van der Waals surface area contributed by atoms with Crippen LogP contribution in [0.25, 0.3) is 0 Å². The van der Waals surface area contributed by atoms with Crippen LogP contribution >= 0.6 is 0 Å². The third kappa shape index (κ3) is 3.68. The Balaban J connectivity index is 2.35. The van der Waals surface area contributed by atoms with Gasteiger partial charge in [-0.25, -0.2) is 0 Å². The van der Waals surface area contributed by atoms with Gasteiger partial charge in [0.1, 0.15) is 0 Å². The molecule has 1 rings (SSSR count). The summed E-state index contributed by atoms with van der Waals surface area (Å²) in [5, 5.41) is 3.72. The molecule has 13 heavy (non-hydrogen) atoms. The molecule has 1 heterocycles. The fourth-order valence-electron chi connectivity index (χ4n) is 2.52. The van der Waals surface area contributed by atoms with Gasteiger partial charge in [-0.3, -0.25) is 0 Å². The summed E-state index contributed by atoms with van der Waals surface area (Å²) in [6, 6.07) is 0.826. The van der Waals surface area contributed by atoms with E-state index in [-0.39, 0.29) is 0 Å². The van der Waals surface area contributed by atoms with E-state index in [4.69, 9.17) is 0 Å². The van der Waals surface area contributed by atoms with E-state index in [9.17, 15) is 0 Å². The van der Waals surface area contributed by atoms with Gasteiger partial charge in [0.25, 0.3) is 0 Å². The van der Waals surface area contributed by atoms with Gasteiger partial charge in [0.05, 0.1) is 0 Å². The first-order valence-corrected chi connectivity index (χ1v) is 6.11. The summed E-state index contributed by atoms with van der Waals surface area (Å²) in [5.41, 5.74) is 0.